The van der Waals surface area contributed by atoms with Crippen molar-refractivity contribution < 1.29 is 23.4 Å². The molecule has 2 aromatic carbocycles. The van der Waals surface area contributed by atoms with Crippen molar-refractivity contribution in [3.8, 4) is 11.1 Å². The van der Waals surface area contributed by atoms with E-state index in [1.54, 1.807) is 0 Å². The molecule has 29 heavy (non-hydrogen) atoms. The number of nitrogens with one attached hydrogen (secondary N) is 1. The Balaban J connectivity index is 1.58. The molecule has 0 heterocycles. The van der Waals surface area contributed by atoms with Gasteiger partial charge in [-0.3, -0.25) is 4.79 Å². The van der Waals surface area contributed by atoms with E-state index in [0.717, 1.165) is 40.7 Å². The summed E-state index contributed by atoms with van der Waals surface area (Å²) in [5, 5.41) is 18.3. The molecule has 0 aromatic heterocycles. The zero-order valence-corrected chi connectivity index (χ0v) is 17.1. The fraction of sp³-hybridized carbons (Fsp3) is 0.409. The number of hydrogen-bond acceptors (Lipinski definition) is 4. The summed E-state index contributed by atoms with van der Waals surface area (Å²) in [6.07, 6.45) is 3.03. The molecule has 6 nitrogen and oxygen atoms in total. The topological polar surface area (TPSA) is 104 Å². The lowest BCUT2D eigenvalue weighted by molar-refractivity contribution is -0.137. The number of aliphatic carboxylic acids is 1. The van der Waals surface area contributed by atoms with Crippen LogP contribution in [-0.4, -0.2) is 36.9 Å². The van der Waals surface area contributed by atoms with Crippen LogP contribution in [0.1, 0.15) is 54.7 Å². The van der Waals surface area contributed by atoms with E-state index < -0.39 is 16.0 Å². The number of carboxylic acid groups (broad SMARTS) is 1. The third-order valence-corrected chi connectivity index (χ3v) is 6.80. The predicted octanol–water partition coefficient (Wildman–Crippen LogP) is 3.25. The summed E-state index contributed by atoms with van der Waals surface area (Å²) in [6.45, 7) is 0.264. The number of hydrogen-bond donors (Lipinski definition) is 3. The van der Waals surface area contributed by atoms with Crippen molar-refractivity contribution >= 4 is 16.0 Å². The molecule has 0 aliphatic heterocycles. The largest absolute Gasteiger partial charge is 0.481 e. The third-order valence-electron chi connectivity index (χ3n) is 5.39. The molecule has 3 N–H and O–H groups in total. The SMILES string of the molecule is O=C(O)CCCCCCNS(=O)(=O)CC1c2ccc(-c3ccccc3)c1c2CO. The zero-order chi connectivity index (χ0) is 20.9. The minimum absolute atomic E-state index is 0.0269. The number of aliphatic hydroxyl groups is 1. The Labute approximate surface area is 171 Å². The van der Waals surface area contributed by atoms with Crippen molar-refractivity contribution in [3.05, 3.63) is 59.2 Å². The molecule has 0 radical (unpaired) electrons. The van der Waals surface area contributed by atoms with Crippen molar-refractivity contribution in [1.29, 1.82) is 0 Å². The maximum atomic E-state index is 12.6. The van der Waals surface area contributed by atoms with E-state index in [1.165, 1.54) is 0 Å². The Kier molecular flexibility index (Phi) is 7.05. The van der Waals surface area contributed by atoms with Crippen LogP contribution in [0.5, 0.6) is 0 Å². The first kappa shape index (κ1) is 21.5. The van der Waals surface area contributed by atoms with Crippen LogP contribution in [0, 0.1) is 0 Å². The van der Waals surface area contributed by atoms with Gasteiger partial charge in [-0.2, -0.15) is 0 Å². The molecule has 0 fully saturated rings. The van der Waals surface area contributed by atoms with Gasteiger partial charge in [-0.05, 0) is 40.7 Å². The van der Waals surface area contributed by atoms with Crippen LogP contribution in [0.2, 0.25) is 0 Å². The van der Waals surface area contributed by atoms with Gasteiger partial charge in [0.15, 0.2) is 0 Å². The summed E-state index contributed by atoms with van der Waals surface area (Å²) in [4.78, 5) is 10.5. The second-order valence-electron chi connectivity index (χ2n) is 7.41. The number of unbranched alkanes of at least 4 members (excludes halogenated alkanes) is 3. The molecule has 2 aromatic rings. The standard InChI is InChI=1S/C22H27NO5S/c24-14-19-18-12-11-17(16-8-4-3-5-9-16)22(19)20(18)15-29(27,28)23-13-7-2-1-6-10-21(25)26/h3-5,8-9,11-12,20,23-24H,1-2,6-7,10,13-15H2,(H,25,26). The van der Waals surface area contributed by atoms with Crippen molar-refractivity contribution in [2.45, 2.75) is 44.6 Å². The molecule has 4 rings (SSSR count). The molecule has 0 saturated heterocycles. The Morgan fingerprint density at radius 2 is 1.72 bits per heavy atom. The number of benzene rings is 2. The van der Waals surface area contributed by atoms with E-state index >= 15 is 0 Å². The summed E-state index contributed by atoms with van der Waals surface area (Å²) in [5.74, 6) is -1.04. The summed E-state index contributed by atoms with van der Waals surface area (Å²) >= 11 is 0. The van der Waals surface area contributed by atoms with Crippen LogP contribution in [-0.2, 0) is 21.4 Å². The Bertz CT molecular complexity index is 957. The molecule has 2 bridgehead atoms. The Morgan fingerprint density at radius 3 is 2.41 bits per heavy atom. The molecule has 7 heteroatoms. The highest BCUT2D eigenvalue weighted by atomic mass is 32.2. The fourth-order valence-corrected chi connectivity index (χ4v) is 5.32. The molecule has 1 unspecified atom stereocenters. The number of fused-ring (bicyclic) bond motifs is 2. The van der Waals surface area contributed by atoms with E-state index in [2.05, 4.69) is 4.72 Å². The van der Waals surface area contributed by atoms with Crippen molar-refractivity contribution in [1.82, 2.24) is 4.72 Å². The van der Waals surface area contributed by atoms with E-state index in [-0.39, 0.29) is 24.7 Å². The second kappa shape index (κ2) is 9.52. The molecular formula is C22H27NO5S. The molecule has 2 aliphatic carbocycles. The van der Waals surface area contributed by atoms with E-state index in [1.807, 2.05) is 42.5 Å². The average molecular weight is 418 g/mol. The maximum absolute atomic E-state index is 12.6. The summed E-state index contributed by atoms with van der Waals surface area (Å²) in [6, 6.07) is 13.7. The van der Waals surface area contributed by atoms with Crippen molar-refractivity contribution in [2.75, 3.05) is 12.3 Å². The van der Waals surface area contributed by atoms with Gasteiger partial charge in [-0.25, -0.2) is 13.1 Å². The number of rotatable bonds is 12. The first-order valence-electron chi connectivity index (χ1n) is 9.94. The smallest absolute Gasteiger partial charge is 0.303 e. The van der Waals surface area contributed by atoms with E-state index in [4.69, 9.17) is 5.11 Å². The molecule has 2 aliphatic rings. The minimum Gasteiger partial charge on any atom is -0.481 e. The normalized spacial score (nSPS) is 15.1. The van der Waals surface area contributed by atoms with Gasteiger partial charge in [-0.1, -0.05) is 55.3 Å². The lowest BCUT2D eigenvalue weighted by Crippen LogP contribution is -2.34. The first-order chi connectivity index (χ1) is 13.9. The number of aliphatic hydroxyl groups excluding tert-OH is 1. The van der Waals surface area contributed by atoms with E-state index in [0.29, 0.717) is 19.4 Å². The fourth-order valence-electron chi connectivity index (χ4n) is 3.96. The van der Waals surface area contributed by atoms with Gasteiger partial charge >= 0.3 is 5.97 Å². The van der Waals surface area contributed by atoms with Crippen molar-refractivity contribution in [2.24, 2.45) is 0 Å². The van der Waals surface area contributed by atoms with Crippen LogP contribution in [0.15, 0.2) is 42.5 Å². The highest BCUT2D eigenvalue weighted by molar-refractivity contribution is 7.89. The molecular weight excluding hydrogens is 390 g/mol. The van der Waals surface area contributed by atoms with Gasteiger partial charge in [0.2, 0.25) is 10.0 Å². The second-order valence-corrected chi connectivity index (χ2v) is 9.26. The van der Waals surface area contributed by atoms with Crippen LogP contribution < -0.4 is 4.72 Å². The summed E-state index contributed by atoms with van der Waals surface area (Å²) in [5.41, 5.74) is 4.66. The van der Waals surface area contributed by atoms with Crippen LogP contribution in [0.3, 0.4) is 0 Å². The molecule has 0 saturated carbocycles. The van der Waals surface area contributed by atoms with Gasteiger partial charge < -0.3 is 10.2 Å². The maximum Gasteiger partial charge on any atom is 0.303 e. The molecule has 1 atom stereocenters. The monoisotopic (exact) mass is 417 g/mol. The number of sulfonamides is 1. The average Bonchev–Trinajstić information content (AvgIpc) is 2.71. The highest BCUT2D eigenvalue weighted by Crippen LogP contribution is 2.47. The van der Waals surface area contributed by atoms with Gasteiger partial charge in [0, 0.05) is 18.9 Å². The van der Waals surface area contributed by atoms with Gasteiger partial charge in [-0.15, -0.1) is 0 Å². The summed E-state index contributed by atoms with van der Waals surface area (Å²) in [7, 11) is -3.46. The van der Waals surface area contributed by atoms with Crippen molar-refractivity contribution in [3.63, 3.8) is 0 Å². The van der Waals surface area contributed by atoms with E-state index in [9.17, 15) is 18.3 Å². The first-order valence-corrected chi connectivity index (χ1v) is 11.6. The number of carboxylic acids is 1. The Morgan fingerprint density at radius 1 is 1.00 bits per heavy atom. The quantitative estimate of drug-likeness (QED) is 0.460. The van der Waals surface area contributed by atoms with Gasteiger partial charge in [0.05, 0.1) is 12.4 Å². The summed E-state index contributed by atoms with van der Waals surface area (Å²) < 4.78 is 27.8. The van der Waals surface area contributed by atoms with Crippen LogP contribution in [0.25, 0.3) is 11.1 Å². The van der Waals surface area contributed by atoms with Crippen LogP contribution in [0.4, 0.5) is 0 Å². The van der Waals surface area contributed by atoms with Gasteiger partial charge in [0.25, 0.3) is 0 Å². The lowest BCUT2D eigenvalue weighted by atomic mass is 9.71. The third kappa shape index (κ3) is 5.23. The van der Waals surface area contributed by atoms with Crippen LogP contribution >= 0.6 is 0 Å². The minimum atomic E-state index is -3.46. The zero-order valence-electron chi connectivity index (χ0n) is 16.3. The molecule has 0 amide bonds. The number of carbonyl (C=O) groups is 1. The molecule has 156 valence electrons. The van der Waals surface area contributed by atoms with Gasteiger partial charge in [0.1, 0.15) is 0 Å². The lowest BCUT2D eigenvalue weighted by Gasteiger charge is -2.35. The highest BCUT2D eigenvalue weighted by Gasteiger charge is 2.36. The predicted molar refractivity (Wildman–Crippen MR) is 112 cm³/mol. The Hall–Kier alpha value is -2.22. The molecule has 0 spiro atoms.